The Bertz CT molecular complexity index is 1330. The fourth-order valence-electron chi connectivity index (χ4n) is 4.87. The van der Waals surface area contributed by atoms with Gasteiger partial charge in [-0.3, -0.25) is 0 Å². The summed E-state index contributed by atoms with van der Waals surface area (Å²) in [7, 11) is 0. The molecule has 4 aromatic carbocycles. The summed E-state index contributed by atoms with van der Waals surface area (Å²) in [6.45, 7) is 1.46. The second-order valence-electron chi connectivity index (χ2n) is 8.74. The van der Waals surface area contributed by atoms with Crippen molar-refractivity contribution in [2.24, 2.45) is 0 Å². The summed E-state index contributed by atoms with van der Waals surface area (Å²) in [5.41, 5.74) is 2.88. The van der Waals surface area contributed by atoms with E-state index in [1.54, 1.807) is 6.07 Å². The van der Waals surface area contributed by atoms with E-state index in [9.17, 15) is 14.3 Å². The van der Waals surface area contributed by atoms with E-state index in [2.05, 4.69) is 47.8 Å². The minimum absolute atomic E-state index is 0.0382. The number of carbonyl (C=O) groups is 1. The average molecular weight is 456 g/mol. The minimum Gasteiger partial charge on any atom is -0.489 e. The standard InChI is InChI=1S/C29H26FNO3/c30-23-15-21(14-22(16-23)29(32)33)27-17-24(34-28-11-4-3-10-26(27)28)18-31-13-12-20-8-5-7-19-6-1-2-9-25(19)20/h1-11,14-16,24,27,31H,12-13,17-18H2,(H,32,33). The molecule has 0 aromatic heterocycles. The number of rotatable bonds is 7. The van der Waals surface area contributed by atoms with Crippen LogP contribution in [0.2, 0.25) is 0 Å². The van der Waals surface area contributed by atoms with Gasteiger partial charge >= 0.3 is 5.97 Å². The molecule has 2 atom stereocenters. The molecule has 5 rings (SSSR count). The molecule has 0 amide bonds. The maximum absolute atomic E-state index is 14.2. The Morgan fingerprint density at radius 2 is 1.79 bits per heavy atom. The molecule has 0 radical (unpaired) electrons. The number of carboxylic acid groups (broad SMARTS) is 1. The highest BCUT2D eigenvalue weighted by atomic mass is 19.1. The summed E-state index contributed by atoms with van der Waals surface area (Å²) in [5, 5.41) is 15.4. The first-order valence-corrected chi connectivity index (χ1v) is 11.6. The van der Waals surface area contributed by atoms with E-state index in [4.69, 9.17) is 4.74 Å². The summed E-state index contributed by atoms with van der Waals surface area (Å²) in [6, 6.07) is 26.6. The Balaban J connectivity index is 1.30. The number of fused-ring (bicyclic) bond motifs is 2. The largest absolute Gasteiger partial charge is 0.489 e. The van der Waals surface area contributed by atoms with Gasteiger partial charge in [0.05, 0.1) is 5.56 Å². The van der Waals surface area contributed by atoms with Gasteiger partial charge in [0.1, 0.15) is 17.7 Å². The Hall–Kier alpha value is -3.70. The second kappa shape index (κ2) is 9.65. The van der Waals surface area contributed by atoms with Gasteiger partial charge in [-0.05, 0) is 65.6 Å². The molecule has 1 aliphatic rings. The predicted octanol–water partition coefficient (Wildman–Crippen LogP) is 5.79. The highest BCUT2D eigenvalue weighted by molar-refractivity contribution is 5.88. The van der Waals surface area contributed by atoms with Crippen molar-refractivity contribution in [2.75, 3.05) is 13.1 Å². The SMILES string of the molecule is O=C(O)c1cc(F)cc(C2CC(CNCCc3cccc4ccccc34)Oc3ccccc32)c1. The molecule has 0 fully saturated rings. The molecule has 4 aromatic rings. The number of benzene rings is 4. The molecule has 4 nitrogen and oxygen atoms in total. The monoisotopic (exact) mass is 455 g/mol. The van der Waals surface area contributed by atoms with Gasteiger partial charge in [0, 0.05) is 18.0 Å². The Morgan fingerprint density at radius 3 is 2.68 bits per heavy atom. The number of nitrogens with one attached hydrogen (secondary N) is 1. The van der Waals surface area contributed by atoms with Crippen LogP contribution in [0.1, 0.15) is 39.4 Å². The fraction of sp³-hybridized carbons (Fsp3) is 0.207. The van der Waals surface area contributed by atoms with Gasteiger partial charge in [-0.15, -0.1) is 0 Å². The molecule has 0 saturated heterocycles. The van der Waals surface area contributed by atoms with Gasteiger partial charge in [0.15, 0.2) is 0 Å². The van der Waals surface area contributed by atoms with Crippen LogP contribution in [0.25, 0.3) is 10.8 Å². The second-order valence-corrected chi connectivity index (χ2v) is 8.74. The predicted molar refractivity (Wildman–Crippen MR) is 131 cm³/mol. The molecule has 5 heteroatoms. The average Bonchev–Trinajstić information content (AvgIpc) is 2.85. The van der Waals surface area contributed by atoms with E-state index in [0.717, 1.165) is 30.3 Å². The van der Waals surface area contributed by atoms with Crippen LogP contribution in [-0.2, 0) is 6.42 Å². The number of ether oxygens (including phenoxy) is 1. The van der Waals surface area contributed by atoms with Crippen LogP contribution >= 0.6 is 0 Å². The van der Waals surface area contributed by atoms with Crippen molar-refractivity contribution in [3.63, 3.8) is 0 Å². The molecule has 0 bridgehead atoms. The third kappa shape index (κ3) is 4.66. The zero-order valence-corrected chi connectivity index (χ0v) is 18.7. The van der Waals surface area contributed by atoms with Crippen LogP contribution in [0.15, 0.2) is 84.9 Å². The van der Waals surface area contributed by atoms with Gasteiger partial charge < -0.3 is 15.2 Å². The first kappa shape index (κ1) is 22.1. The van der Waals surface area contributed by atoms with E-state index < -0.39 is 11.8 Å². The van der Waals surface area contributed by atoms with E-state index >= 15 is 0 Å². The number of para-hydroxylation sites is 1. The third-order valence-corrected chi connectivity index (χ3v) is 6.48. The zero-order valence-electron chi connectivity index (χ0n) is 18.7. The highest BCUT2D eigenvalue weighted by Gasteiger charge is 2.30. The normalized spacial score (nSPS) is 17.2. The molecule has 1 aliphatic heterocycles. The number of halogens is 1. The van der Waals surface area contributed by atoms with Gasteiger partial charge in [0.2, 0.25) is 0 Å². The summed E-state index contributed by atoms with van der Waals surface area (Å²) < 4.78 is 20.5. The van der Waals surface area contributed by atoms with Crippen molar-refractivity contribution in [3.8, 4) is 5.75 Å². The lowest BCUT2D eigenvalue weighted by Crippen LogP contribution is -2.36. The summed E-state index contributed by atoms with van der Waals surface area (Å²) in [6.07, 6.45) is 1.43. The molecular weight excluding hydrogens is 429 g/mol. The third-order valence-electron chi connectivity index (χ3n) is 6.48. The van der Waals surface area contributed by atoms with E-state index in [-0.39, 0.29) is 17.6 Å². The fourth-order valence-corrected chi connectivity index (χ4v) is 4.87. The first-order chi connectivity index (χ1) is 16.6. The molecule has 0 spiro atoms. The topological polar surface area (TPSA) is 58.6 Å². The maximum Gasteiger partial charge on any atom is 0.335 e. The lowest BCUT2D eigenvalue weighted by molar-refractivity contribution is 0.0696. The first-order valence-electron chi connectivity index (χ1n) is 11.6. The van der Waals surface area contributed by atoms with Crippen molar-refractivity contribution < 1.29 is 19.0 Å². The van der Waals surface area contributed by atoms with Crippen molar-refractivity contribution in [1.82, 2.24) is 5.32 Å². The Morgan fingerprint density at radius 1 is 1.00 bits per heavy atom. The molecule has 34 heavy (non-hydrogen) atoms. The number of carboxylic acids is 1. The Labute approximate surface area is 198 Å². The van der Waals surface area contributed by atoms with Gasteiger partial charge in [-0.25, -0.2) is 9.18 Å². The zero-order chi connectivity index (χ0) is 23.5. The van der Waals surface area contributed by atoms with Crippen LogP contribution in [0, 0.1) is 5.82 Å². The molecule has 2 N–H and O–H groups in total. The molecular formula is C29H26FNO3. The summed E-state index contributed by atoms with van der Waals surface area (Å²) in [4.78, 5) is 11.5. The van der Waals surface area contributed by atoms with Crippen LogP contribution in [0.4, 0.5) is 4.39 Å². The minimum atomic E-state index is -1.13. The molecule has 1 heterocycles. The van der Waals surface area contributed by atoms with E-state index in [0.29, 0.717) is 18.5 Å². The smallest absolute Gasteiger partial charge is 0.335 e. The molecule has 172 valence electrons. The number of hydrogen-bond acceptors (Lipinski definition) is 3. The molecule has 2 unspecified atom stereocenters. The van der Waals surface area contributed by atoms with Crippen LogP contribution in [0.3, 0.4) is 0 Å². The highest BCUT2D eigenvalue weighted by Crippen LogP contribution is 2.40. The van der Waals surface area contributed by atoms with Crippen LogP contribution in [-0.4, -0.2) is 30.3 Å². The van der Waals surface area contributed by atoms with E-state index in [1.165, 1.54) is 22.4 Å². The van der Waals surface area contributed by atoms with E-state index in [1.807, 2.05) is 24.3 Å². The lowest BCUT2D eigenvalue weighted by atomic mass is 9.83. The number of hydrogen-bond donors (Lipinski definition) is 2. The van der Waals surface area contributed by atoms with Crippen molar-refractivity contribution >= 4 is 16.7 Å². The van der Waals surface area contributed by atoms with Gasteiger partial charge in [0.25, 0.3) is 0 Å². The summed E-state index contributed by atoms with van der Waals surface area (Å²) in [5.74, 6) is -1.04. The van der Waals surface area contributed by atoms with Crippen molar-refractivity contribution in [2.45, 2.75) is 24.9 Å². The molecule has 0 saturated carbocycles. The quantitative estimate of drug-likeness (QED) is 0.346. The maximum atomic E-state index is 14.2. The number of aromatic carboxylic acids is 1. The van der Waals surface area contributed by atoms with Crippen LogP contribution < -0.4 is 10.1 Å². The summed E-state index contributed by atoms with van der Waals surface area (Å²) >= 11 is 0. The van der Waals surface area contributed by atoms with Crippen molar-refractivity contribution in [1.29, 1.82) is 0 Å². The lowest BCUT2D eigenvalue weighted by Gasteiger charge is -2.33. The van der Waals surface area contributed by atoms with Crippen molar-refractivity contribution in [3.05, 3.63) is 113 Å². The molecule has 0 aliphatic carbocycles. The van der Waals surface area contributed by atoms with Gasteiger partial charge in [-0.2, -0.15) is 0 Å². The van der Waals surface area contributed by atoms with Gasteiger partial charge in [-0.1, -0.05) is 60.7 Å². The Kier molecular flexibility index (Phi) is 6.28. The van der Waals surface area contributed by atoms with Crippen LogP contribution in [0.5, 0.6) is 5.75 Å².